The number of hydrogen-bond donors (Lipinski definition) is 1. The summed E-state index contributed by atoms with van der Waals surface area (Å²) in [6.07, 6.45) is 1.28. The van der Waals surface area contributed by atoms with Gasteiger partial charge in [0.25, 0.3) is 19.1 Å². The van der Waals surface area contributed by atoms with E-state index in [-0.39, 0.29) is 22.2 Å². The van der Waals surface area contributed by atoms with Crippen LogP contribution in [0, 0.1) is 11.8 Å². The largest absolute Gasteiger partial charge is 0.469 e. The van der Waals surface area contributed by atoms with Gasteiger partial charge in [0.15, 0.2) is 0 Å². The fraction of sp³-hybridized carbons (Fsp3) is 0.160. The molecule has 0 spiro atoms. The van der Waals surface area contributed by atoms with Crippen molar-refractivity contribution in [3.8, 4) is 11.8 Å². The second kappa shape index (κ2) is 13.7. The number of nitrogens with one attached hydrogen (secondary N) is 1. The van der Waals surface area contributed by atoms with E-state index in [1.165, 1.54) is 31.4 Å². The summed E-state index contributed by atoms with van der Waals surface area (Å²) in [4.78, 5) is 11.3. The first kappa shape index (κ1) is 31.5. The van der Waals surface area contributed by atoms with Crippen molar-refractivity contribution in [3.63, 3.8) is 0 Å². The lowest BCUT2D eigenvalue weighted by Gasteiger charge is -2.10. The Balaban J connectivity index is 0.000000258. The Labute approximate surface area is 259 Å². The third kappa shape index (κ3) is 8.34. The molecule has 5 aromatic rings. The lowest BCUT2D eigenvalue weighted by molar-refractivity contribution is -0.140. The molecule has 0 bridgehead atoms. The Morgan fingerprint density at radius 3 is 2.10 bits per heavy atom. The lowest BCUT2D eigenvalue weighted by Crippen LogP contribution is -2.13. The lowest BCUT2D eigenvalue weighted by atomic mass is 10.1. The molecule has 2 aromatic heterocycles. The number of halogens is 2. The second-order valence-electron chi connectivity index (χ2n) is 8.29. The van der Waals surface area contributed by atoms with Crippen LogP contribution in [0.3, 0.4) is 0 Å². The molecule has 0 amide bonds. The zero-order chi connectivity index (χ0) is 30.3. The van der Waals surface area contributed by atoms with E-state index in [0.29, 0.717) is 51.2 Å². The van der Waals surface area contributed by atoms with Crippen LogP contribution in [0.5, 0.6) is 0 Å². The van der Waals surface area contributed by atoms with E-state index in [1.807, 2.05) is 0 Å². The topological polar surface area (TPSA) is 158 Å². The summed E-state index contributed by atoms with van der Waals surface area (Å²) in [5, 5.41) is 0.432. The number of hydrogen-bond acceptors (Lipinski definition) is 12. The van der Waals surface area contributed by atoms with Gasteiger partial charge < -0.3 is 4.74 Å². The molecule has 0 saturated heterocycles. The number of benzene rings is 3. The summed E-state index contributed by atoms with van der Waals surface area (Å²) >= 11 is 8.09. The molecule has 42 heavy (non-hydrogen) atoms. The number of fused-ring (bicyclic) bond motifs is 2. The average molecular weight is 685 g/mol. The summed E-state index contributed by atoms with van der Waals surface area (Å²) in [5.74, 6) is 5.54. The van der Waals surface area contributed by atoms with E-state index in [1.54, 1.807) is 30.3 Å². The van der Waals surface area contributed by atoms with Crippen LogP contribution < -0.4 is 4.72 Å². The molecule has 218 valence electrons. The van der Waals surface area contributed by atoms with Crippen molar-refractivity contribution >= 4 is 98.5 Å². The standard InChI is InChI=1S/C19H16ClN3O4S2.C6H3ClN2O2S2/c1-27-19(24)6-4-2-3-5-13-11-14(20)7-9-16(13)23-29(25,26)15-8-10-17-18(12-15)22-28-21-17;7-13(10,11)4-1-2-5-6(3-4)9-12-8-5/h7-12,23H,2,4,6H2,1H3;1-3H. The molecule has 0 aliphatic carbocycles. The molecule has 0 unspecified atom stereocenters. The summed E-state index contributed by atoms with van der Waals surface area (Å²) in [7, 11) is -1.03. The number of methoxy groups -OCH3 is 1. The normalized spacial score (nSPS) is 11.3. The Hall–Kier alpha value is -3.39. The number of nitrogens with zero attached hydrogens (tertiary/aromatic N) is 4. The van der Waals surface area contributed by atoms with Gasteiger partial charge in [0.05, 0.1) is 51.6 Å². The van der Waals surface area contributed by atoms with Gasteiger partial charge in [-0.3, -0.25) is 9.52 Å². The van der Waals surface area contributed by atoms with Crippen molar-refractivity contribution in [1.29, 1.82) is 0 Å². The fourth-order valence-corrected chi connectivity index (χ4v) is 6.41. The first-order valence-corrected chi connectivity index (χ1v) is 17.4. The van der Waals surface area contributed by atoms with Gasteiger partial charge in [-0.25, -0.2) is 16.8 Å². The van der Waals surface area contributed by atoms with Gasteiger partial charge in [0.1, 0.15) is 22.1 Å². The third-order valence-corrected chi connectivity index (χ3v) is 9.46. The molecule has 0 radical (unpaired) electrons. The number of sulfonamides is 1. The Morgan fingerprint density at radius 2 is 1.48 bits per heavy atom. The van der Waals surface area contributed by atoms with Crippen LogP contribution in [0.2, 0.25) is 5.02 Å². The molecule has 2 heterocycles. The minimum Gasteiger partial charge on any atom is -0.469 e. The van der Waals surface area contributed by atoms with Gasteiger partial charge in [-0.2, -0.15) is 17.5 Å². The number of rotatable bonds is 7. The smallest absolute Gasteiger partial charge is 0.305 e. The van der Waals surface area contributed by atoms with Crippen LogP contribution in [0.4, 0.5) is 5.69 Å². The van der Waals surface area contributed by atoms with E-state index in [9.17, 15) is 21.6 Å². The highest BCUT2D eigenvalue weighted by molar-refractivity contribution is 8.13. The average Bonchev–Trinajstić information content (AvgIpc) is 3.62. The number of carbonyl (C=O) groups is 1. The van der Waals surface area contributed by atoms with E-state index >= 15 is 0 Å². The van der Waals surface area contributed by atoms with Gasteiger partial charge in [0.2, 0.25) is 0 Å². The van der Waals surface area contributed by atoms with Gasteiger partial charge in [-0.1, -0.05) is 23.4 Å². The maximum atomic E-state index is 12.8. The Bertz CT molecular complexity index is 2040. The molecule has 0 atom stereocenters. The maximum Gasteiger partial charge on any atom is 0.305 e. The summed E-state index contributed by atoms with van der Waals surface area (Å²) in [5.41, 5.74) is 3.13. The molecule has 0 aliphatic heterocycles. The van der Waals surface area contributed by atoms with Crippen molar-refractivity contribution < 1.29 is 26.4 Å². The Morgan fingerprint density at radius 1 is 0.881 bits per heavy atom. The van der Waals surface area contributed by atoms with Gasteiger partial charge in [-0.05, 0) is 61.0 Å². The van der Waals surface area contributed by atoms with Crippen LogP contribution in [0.15, 0.2) is 64.4 Å². The highest BCUT2D eigenvalue weighted by Gasteiger charge is 2.17. The molecule has 0 aliphatic rings. The predicted octanol–water partition coefficient (Wildman–Crippen LogP) is 5.46. The SMILES string of the molecule is COC(=O)CCCC#Cc1cc(Cl)ccc1NS(=O)(=O)c1ccc2nsnc2c1.O=S(=O)(Cl)c1ccc2nsnc2c1. The summed E-state index contributed by atoms with van der Waals surface area (Å²) < 4.78 is 70.5. The Kier molecular flexibility index (Phi) is 10.3. The van der Waals surface area contributed by atoms with Crippen molar-refractivity contribution in [3.05, 3.63) is 65.2 Å². The van der Waals surface area contributed by atoms with Crippen LogP contribution in [-0.4, -0.2) is 47.4 Å². The van der Waals surface area contributed by atoms with Crippen molar-refractivity contribution in [2.24, 2.45) is 0 Å². The number of unbranched alkanes of at least 4 members (excludes halogenated alkanes) is 1. The molecule has 11 nitrogen and oxygen atoms in total. The number of anilines is 1. The fourth-order valence-electron chi connectivity index (χ4n) is 3.34. The molecule has 0 saturated carbocycles. The summed E-state index contributed by atoms with van der Waals surface area (Å²) in [6, 6.07) is 13.7. The number of esters is 1. The van der Waals surface area contributed by atoms with E-state index < -0.39 is 19.1 Å². The second-order valence-corrected chi connectivity index (χ2v) is 14.0. The van der Waals surface area contributed by atoms with Crippen LogP contribution in [-0.2, 0) is 28.6 Å². The van der Waals surface area contributed by atoms with Gasteiger partial charge in [-0.15, -0.1) is 0 Å². The predicted molar refractivity (Wildman–Crippen MR) is 163 cm³/mol. The van der Waals surface area contributed by atoms with Crippen molar-refractivity contribution in [2.45, 2.75) is 29.1 Å². The highest BCUT2D eigenvalue weighted by atomic mass is 35.7. The zero-order valence-corrected chi connectivity index (χ0v) is 26.2. The van der Waals surface area contributed by atoms with Crippen molar-refractivity contribution in [2.75, 3.05) is 11.8 Å². The van der Waals surface area contributed by atoms with E-state index in [4.69, 9.17) is 22.3 Å². The molecule has 17 heteroatoms. The zero-order valence-electron chi connectivity index (χ0n) is 21.4. The van der Waals surface area contributed by atoms with E-state index in [2.05, 4.69) is 38.8 Å². The van der Waals surface area contributed by atoms with Crippen LogP contribution in [0.25, 0.3) is 22.1 Å². The number of carbonyl (C=O) groups excluding carboxylic acids is 1. The first-order chi connectivity index (χ1) is 20.0. The molecular formula is C25H19Cl2N5O6S4. The molecular weight excluding hydrogens is 665 g/mol. The molecule has 5 rings (SSSR count). The molecule has 3 aromatic carbocycles. The van der Waals surface area contributed by atoms with E-state index in [0.717, 1.165) is 23.5 Å². The number of aromatic nitrogens is 4. The number of ether oxygens (including phenoxy) is 1. The monoisotopic (exact) mass is 683 g/mol. The quantitative estimate of drug-likeness (QED) is 0.101. The maximum absolute atomic E-state index is 12.8. The van der Waals surface area contributed by atoms with Gasteiger partial charge in [0, 0.05) is 28.5 Å². The first-order valence-electron chi connectivity index (χ1n) is 11.7. The summed E-state index contributed by atoms with van der Waals surface area (Å²) in [6.45, 7) is 0. The van der Waals surface area contributed by atoms with Crippen LogP contribution in [0.1, 0.15) is 24.8 Å². The molecule has 1 N–H and O–H groups in total. The third-order valence-electron chi connectivity index (χ3n) is 5.40. The van der Waals surface area contributed by atoms with Crippen molar-refractivity contribution in [1.82, 2.24) is 17.5 Å². The van der Waals surface area contributed by atoms with Crippen LogP contribution >= 0.6 is 45.7 Å². The highest BCUT2D eigenvalue weighted by Crippen LogP contribution is 2.25. The minimum absolute atomic E-state index is 0.0503. The van der Waals surface area contributed by atoms with Gasteiger partial charge >= 0.3 is 5.97 Å². The molecule has 0 fully saturated rings. The minimum atomic E-state index is -3.85.